The molecule has 2 heterocycles. The molecule has 0 aliphatic carbocycles. The van der Waals surface area contributed by atoms with Crippen LogP contribution in [-0.4, -0.2) is 84.6 Å². The Labute approximate surface area is 200 Å². The molecule has 1 unspecified atom stereocenters. The van der Waals surface area contributed by atoms with Crippen molar-refractivity contribution in [1.82, 2.24) is 30.0 Å². The molecule has 10 heteroatoms. The summed E-state index contributed by atoms with van der Waals surface area (Å²) >= 11 is 0. The molecule has 1 aliphatic heterocycles. The maximum Gasteiger partial charge on any atom is 0.173 e. The van der Waals surface area contributed by atoms with Gasteiger partial charge in [-0.15, -0.1) is 17.5 Å². The highest BCUT2D eigenvalue weighted by atomic mass is 35.5. The summed E-state index contributed by atoms with van der Waals surface area (Å²) in [5, 5.41) is 12.8. The van der Waals surface area contributed by atoms with Gasteiger partial charge in [-0.1, -0.05) is 18.2 Å². The third kappa shape index (κ3) is 5.55. The lowest BCUT2D eigenvalue weighted by Crippen LogP contribution is -2.46. The van der Waals surface area contributed by atoms with E-state index in [4.69, 9.17) is 14.2 Å². The van der Waals surface area contributed by atoms with E-state index in [1.54, 1.807) is 21.3 Å². The van der Waals surface area contributed by atoms with Crippen molar-refractivity contribution in [1.29, 1.82) is 0 Å². The van der Waals surface area contributed by atoms with Gasteiger partial charge in [0.25, 0.3) is 0 Å². The topological polar surface area (TPSA) is 77.8 Å². The average molecular weight is 475 g/mol. The number of piperazine rings is 1. The van der Waals surface area contributed by atoms with Crippen molar-refractivity contribution in [2.24, 2.45) is 0 Å². The van der Waals surface area contributed by atoms with Gasteiger partial charge in [0.2, 0.25) is 0 Å². The Morgan fingerprint density at radius 3 is 2.21 bits per heavy atom. The van der Waals surface area contributed by atoms with E-state index in [1.807, 2.05) is 41.1 Å². The summed E-state index contributed by atoms with van der Waals surface area (Å²) in [6.45, 7) is 4.40. The molecule has 2 aromatic carbocycles. The van der Waals surface area contributed by atoms with Gasteiger partial charge in [0.15, 0.2) is 17.3 Å². The van der Waals surface area contributed by atoms with E-state index < -0.39 is 0 Å². The number of likely N-dealkylation sites (N-methyl/N-ethyl adjacent to an activating group) is 1. The Hall–Kier alpha value is -2.88. The van der Waals surface area contributed by atoms with Crippen molar-refractivity contribution in [3.05, 3.63) is 59.4 Å². The quantitative estimate of drug-likeness (QED) is 0.493. The number of ether oxygens (including phenoxy) is 3. The first kappa shape index (κ1) is 24.8. The number of hydrogen-bond acceptors (Lipinski definition) is 8. The first-order valence-electron chi connectivity index (χ1n) is 10.7. The molecule has 0 N–H and O–H groups in total. The lowest BCUT2D eigenvalue weighted by atomic mass is 10.0. The molecule has 1 atom stereocenters. The SMILES string of the molecule is COc1ccc(Cn2nnnc2C(c2ccc(OC)c(OC)c2)N2CCN(C)CC2)cc1.Cl. The smallest absolute Gasteiger partial charge is 0.173 e. The van der Waals surface area contributed by atoms with Gasteiger partial charge in [-0.25, -0.2) is 4.68 Å². The van der Waals surface area contributed by atoms with Crippen LogP contribution in [0.1, 0.15) is 23.0 Å². The molecule has 0 spiro atoms. The van der Waals surface area contributed by atoms with Crippen LogP contribution in [0.5, 0.6) is 17.2 Å². The normalized spacial score (nSPS) is 15.5. The minimum absolute atomic E-state index is 0. The molecule has 1 fully saturated rings. The van der Waals surface area contributed by atoms with Crippen LogP contribution in [0, 0.1) is 0 Å². The van der Waals surface area contributed by atoms with Gasteiger partial charge in [0, 0.05) is 26.2 Å². The number of hydrogen-bond donors (Lipinski definition) is 0. The van der Waals surface area contributed by atoms with Crippen LogP contribution in [0.4, 0.5) is 0 Å². The van der Waals surface area contributed by atoms with Crippen LogP contribution in [-0.2, 0) is 6.54 Å². The number of halogens is 1. The maximum atomic E-state index is 5.57. The summed E-state index contributed by atoms with van der Waals surface area (Å²) in [7, 11) is 7.11. The van der Waals surface area contributed by atoms with Crippen LogP contribution < -0.4 is 14.2 Å². The summed E-state index contributed by atoms with van der Waals surface area (Å²) in [5.74, 6) is 3.02. The molecule has 4 rings (SSSR count). The molecule has 178 valence electrons. The zero-order valence-electron chi connectivity index (χ0n) is 19.5. The molecule has 0 amide bonds. The maximum absolute atomic E-state index is 5.57. The fourth-order valence-electron chi connectivity index (χ4n) is 4.05. The van der Waals surface area contributed by atoms with Gasteiger partial charge in [0.1, 0.15) is 5.75 Å². The largest absolute Gasteiger partial charge is 0.497 e. The molecular formula is C23H31ClN6O3. The minimum Gasteiger partial charge on any atom is -0.497 e. The third-order valence-electron chi connectivity index (χ3n) is 5.92. The van der Waals surface area contributed by atoms with Crippen LogP contribution in [0.15, 0.2) is 42.5 Å². The van der Waals surface area contributed by atoms with Crippen LogP contribution >= 0.6 is 12.4 Å². The standard InChI is InChI=1S/C23H30N6O3.ClH/c1-27-11-13-28(14-12-27)22(18-7-10-20(31-3)21(15-18)32-4)23-24-25-26-29(23)16-17-5-8-19(30-2)9-6-17;/h5-10,15,22H,11-14,16H2,1-4H3;1H. The van der Waals surface area contributed by atoms with Crippen molar-refractivity contribution in [2.75, 3.05) is 54.6 Å². The first-order chi connectivity index (χ1) is 15.6. The number of tetrazole rings is 1. The molecule has 9 nitrogen and oxygen atoms in total. The number of nitrogens with zero attached hydrogens (tertiary/aromatic N) is 6. The highest BCUT2D eigenvalue weighted by Gasteiger charge is 2.30. The van der Waals surface area contributed by atoms with Crippen LogP contribution in [0.2, 0.25) is 0 Å². The zero-order valence-corrected chi connectivity index (χ0v) is 20.3. The molecule has 1 aliphatic rings. The summed E-state index contributed by atoms with van der Waals surface area (Å²) in [5.41, 5.74) is 2.17. The van der Waals surface area contributed by atoms with Gasteiger partial charge in [-0.05, 0) is 52.9 Å². The van der Waals surface area contributed by atoms with Gasteiger partial charge in [-0.2, -0.15) is 0 Å². The van der Waals surface area contributed by atoms with Crippen LogP contribution in [0.25, 0.3) is 0 Å². The Morgan fingerprint density at radius 1 is 0.879 bits per heavy atom. The van der Waals surface area contributed by atoms with Crippen molar-refractivity contribution in [3.8, 4) is 17.2 Å². The van der Waals surface area contributed by atoms with E-state index in [1.165, 1.54) is 0 Å². The van der Waals surface area contributed by atoms with Crippen LogP contribution in [0.3, 0.4) is 0 Å². The molecule has 1 aromatic heterocycles. The number of aromatic nitrogens is 4. The summed E-state index contributed by atoms with van der Waals surface area (Å²) in [6, 6.07) is 13.9. The molecule has 1 saturated heterocycles. The van der Waals surface area contributed by atoms with E-state index in [0.29, 0.717) is 18.0 Å². The van der Waals surface area contributed by atoms with E-state index in [2.05, 4.69) is 38.4 Å². The van der Waals surface area contributed by atoms with E-state index in [0.717, 1.165) is 48.9 Å². The summed E-state index contributed by atoms with van der Waals surface area (Å²) < 4.78 is 18.2. The second kappa shape index (κ2) is 11.3. The van der Waals surface area contributed by atoms with Gasteiger partial charge < -0.3 is 19.1 Å². The predicted octanol–water partition coefficient (Wildman–Crippen LogP) is 2.51. The Balaban J connectivity index is 0.00000306. The van der Waals surface area contributed by atoms with Crippen molar-refractivity contribution < 1.29 is 14.2 Å². The van der Waals surface area contributed by atoms with E-state index >= 15 is 0 Å². The molecule has 3 aromatic rings. The Bertz CT molecular complexity index is 1020. The Kier molecular flexibility index (Phi) is 8.49. The minimum atomic E-state index is -0.100. The number of rotatable bonds is 8. The fraction of sp³-hybridized carbons (Fsp3) is 0.435. The van der Waals surface area contributed by atoms with Crippen molar-refractivity contribution in [3.63, 3.8) is 0 Å². The monoisotopic (exact) mass is 474 g/mol. The van der Waals surface area contributed by atoms with Crippen molar-refractivity contribution in [2.45, 2.75) is 12.6 Å². The third-order valence-corrected chi connectivity index (χ3v) is 5.92. The second-order valence-electron chi connectivity index (χ2n) is 7.90. The highest BCUT2D eigenvalue weighted by molar-refractivity contribution is 5.85. The zero-order chi connectivity index (χ0) is 22.5. The summed E-state index contributed by atoms with van der Waals surface area (Å²) in [4.78, 5) is 4.76. The predicted molar refractivity (Wildman–Crippen MR) is 128 cm³/mol. The van der Waals surface area contributed by atoms with Gasteiger partial charge in [-0.3, -0.25) is 4.90 Å². The summed E-state index contributed by atoms with van der Waals surface area (Å²) in [6.07, 6.45) is 0. The van der Waals surface area contributed by atoms with Gasteiger partial charge >= 0.3 is 0 Å². The molecule has 0 saturated carbocycles. The first-order valence-corrected chi connectivity index (χ1v) is 10.7. The van der Waals surface area contributed by atoms with Gasteiger partial charge in [0.05, 0.1) is 33.9 Å². The average Bonchev–Trinajstić information content (AvgIpc) is 3.28. The lowest BCUT2D eigenvalue weighted by Gasteiger charge is -2.37. The molecule has 0 radical (unpaired) electrons. The number of benzene rings is 2. The second-order valence-corrected chi connectivity index (χ2v) is 7.90. The van der Waals surface area contributed by atoms with Crippen molar-refractivity contribution >= 4 is 12.4 Å². The fourth-order valence-corrected chi connectivity index (χ4v) is 4.05. The van der Waals surface area contributed by atoms with E-state index in [-0.39, 0.29) is 18.4 Å². The highest BCUT2D eigenvalue weighted by Crippen LogP contribution is 2.35. The van der Waals surface area contributed by atoms with E-state index in [9.17, 15) is 0 Å². The lowest BCUT2D eigenvalue weighted by molar-refractivity contribution is 0.121. The number of methoxy groups -OCH3 is 3. The molecule has 0 bridgehead atoms. The molecular weight excluding hydrogens is 444 g/mol. The Morgan fingerprint density at radius 2 is 1.58 bits per heavy atom. The molecule has 33 heavy (non-hydrogen) atoms.